The van der Waals surface area contributed by atoms with E-state index in [1.165, 1.54) is 24.3 Å². The topological polar surface area (TPSA) is 88.9 Å². The number of sulfonamides is 1. The van der Waals surface area contributed by atoms with E-state index in [1.54, 1.807) is 29.3 Å². The molecule has 2 aromatic carbocycles. The van der Waals surface area contributed by atoms with E-state index < -0.39 is 10.0 Å². The van der Waals surface area contributed by atoms with Crippen molar-refractivity contribution in [2.24, 2.45) is 10.2 Å². The Morgan fingerprint density at radius 1 is 1.07 bits per heavy atom. The van der Waals surface area contributed by atoms with Crippen LogP contribution in [0.5, 0.6) is 0 Å². The fourth-order valence-electron chi connectivity index (χ4n) is 3.22. The first kappa shape index (κ1) is 18.4. The van der Waals surface area contributed by atoms with Gasteiger partial charge in [-0.2, -0.15) is 5.10 Å². The number of halogens is 1. The second-order valence-electron chi connectivity index (χ2n) is 6.61. The van der Waals surface area contributed by atoms with Crippen molar-refractivity contribution < 1.29 is 17.2 Å². The van der Waals surface area contributed by atoms with Gasteiger partial charge in [-0.05, 0) is 61.0 Å². The quantitative estimate of drug-likeness (QED) is 0.724. The first-order valence-electron chi connectivity index (χ1n) is 8.63. The van der Waals surface area contributed by atoms with Crippen LogP contribution in [0.1, 0.15) is 29.5 Å². The summed E-state index contributed by atoms with van der Waals surface area (Å²) in [6, 6.07) is 16.0. The molecule has 0 amide bonds. The molecule has 2 heterocycles. The minimum absolute atomic E-state index is 0.0274. The third-order valence-corrected chi connectivity index (χ3v) is 5.55. The van der Waals surface area contributed by atoms with Crippen LogP contribution < -0.4 is 10.1 Å². The molecule has 144 valence electrons. The molecule has 0 unspecified atom stereocenters. The molecule has 0 fully saturated rings. The van der Waals surface area contributed by atoms with E-state index in [0.717, 1.165) is 17.0 Å². The van der Waals surface area contributed by atoms with Gasteiger partial charge in [0.1, 0.15) is 23.0 Å². The molecule has 0 saturated heterocycles. The van der Waals surface area contributed by atoms with Crippen LogP contribution in [-0.4, -0.2) is 14.1 Å². The molecule has 0 aliphatic carbocycles. The van der Waals surface area contributed by atoms with Gasteiger partial charge in [-0.25, -0.2) is 17.9 Å². The SMILES string of the molecule is Cc1ccc(C2=NN(c3ccc(S(N)(=O)=O)cc3)[C@H](c3ccc(F)cc3)C2)o1. The predicted molar refractivity (Wildman–Crippen MR) is 104 cm³/mol. The lowest BCUT2D eigenvalue weighted by Gasteiger charge is -2.24. The summed E-state index contributed by atoms with van der Waals surface area (Å²) in [5.74, 6) is 1.15. The number of nitrogens with two attached hydrogens (primary N) is 1. The number of hydrazone groups is 1. The first-order valence-corrected chi connectivity index (χ1v) is 10.2. The number of hydrogen-bond donors (Lipinski definition) is 1. The summed E-state index contributed by atoms with van der Waals surface area (Å²) in [5.41, 5.74) is 2.34. The molecule has 2 N–H and O–H groups in total. The zero-order valence-electron chi connectivity index (χ0n) is 15.0. The van der Waals surface area contributed by atoms with Gasteiger partial charge < -0.3 is 4.42 Å². The van der Waals surface area contributed by atoms with Crippen LogP contribution in [0.15, 0.2) is 75.1 Å². The van der Waals surface area contributed by atoms with Crippen LogP contribution in [-0.2, 0) is 10.0 Å². The third-order valence-electron chi connectivity index (χ3n) is 4.62. The van der Waals surface area contributed by atoms with E-state index >= 15 is 0 Å². The Morgan fingerprint density at radius 2 is 1.75 bits per heavy atom. The van der Waals surface area contributed by atoms with Gasteiger partial charge in [0.15, 0.2) is 0 Å². The molecule has 0 saturated carbocycles. The summed E-state index contributed by atoms with van der Waals surface area (Å²) in [5, 5.41) is 11.7. The number of anilines is 1. The standard InChI is InChI=1S/C20H18FN3O3S/c1-13-2-11-20(27-13)18-12-19(14-3-5-15(21)6-4-14)24(23-18)16-7-9-17(10-8-16)28(22,25)26/h2-11,19H,12H2,1H3,(H2,22,25,26)/t19-/m0/s1. The average molecular weight is 399 g/mol. The Bertz CT molecular complexity index is 1140. The van der Waals surface area contributed by atoms with Crippen molar-refractivity contribution in [2.45, 2.75) is 24.3 Å². The highest BCUT2D eigenvalue weighted by atomic mass is 32.2. The highest BCUT2D eigenvalue weighted by molar-refractivity contribution is 7.89. The van der Waals surface area contributed by atoms with Crippen molar-refractivity contribution in [1.29, 1.82) is 0 Å². The van der Waals surface area contributed by atoms with Crippen LogP contribution in [0.25, 0.3) is 0 Å². The maximum absolute atomic E-state index is 13.4. The molecule has 1 aliphatic heterocycles. The van der Waals surface area contributed by atoms with Gasteiger partial charge in [0.2, 0.25) is 10.0 Å². The first-order chi connectivity index (χ1) is 13.3. The molecule has 0 spiro atoms. The highest BCUT2D eigenvalue weighted by Crippen LogP contribution is 2.37. The summed E-state index contributed by atoms with van der Waals surface area (Å²) < 4.78 is 42.1. The van der Waals surface area contributed by atoms with Crippen molar-refractivity contribution in [1.82, 2.24) is 0 Å². The molecular formula is C20H18FN3O3S. The zero-order valence-corrected chi connectivity index (χ0v) is 15.9. The molecule has 28 heavy (non-hydrogen) atoms. The lowest BCUT2D eigenvalue weighted by atomic mass is 10.0. The number of benzene rings is 2. The average Bonchev–Trinajstić information content (AvgIpc) is 3.28. The van der Waals surface area contributed by atoms with Gasteiger partial charge in [-0.15, -0.1) is 0 Å². The van der Waals surface area contributed by atoms with Crippen molar-refractivity contribution in [3.05, 3.63) is 83.6 Å². The number of primary sulfonamides is 1. The zero-order chi connectivity index (χ0) is 19.9. The van der Waals surface area contributed by atoms with E-state index in [2.05, 4.69) is 0 Å². The van der Waals surface area contributed by atoms with Crippen molar-refractivity contribution in [3.8, 4) is 0 Å². The second kappa shape index (κ2) is 6.88. The maximum atomic E-state index is 13.4. The van der Waals surface area contributed by atoms with Gasteiger partial charge in [-0.3, -0.25) is 5.01 Å². The smallest absolute Gasteiger partial charge is 0.238 e. The van der Waals surface area contributed by atoms with E-state index in [4.69, 9.17) is 14.7 Å². The number of furan rings is 1. The largest absolute Gasteiger partial charge is 0.460 e. The molecule has 1 aliphatic rings. The molecule has 4 rings (SSSR count). The molecule has 0 bridgehead atoms. The minimum atomic E-state index is -3.78. The van der Waals surface area contributed by atoms with Gasteiger partial charge in [0.25, 0.3) is 0 Å². The molecule has 3 aromatic rings. The van der Waals surface area contributed by atoms with E-state index in [-0.39, 0.29) is 16.8 Å². The van der Waals surface area contributed by atoms with E-state index in [0.29, 0.717) is 17.9 Å². The van der Waals surface area contributed by atoms with Gasteiger partial charge >= 0.3 is 0 Å². The normalized spacial score (nSPS) is 17.0. The molecule has 0 radical (unpaired) electrons. The Balaban J connectivity index is 1.74. The summed E-state index contributed by atoms with van der Waals surface area (Å²) in [6.07, 6.45) is 0.565. The minimum Gasteiger partial charge on any atom is -0.460 e. The summed E-state index contributed by atoms with van der Waals surface area (Å²) in [7, 11) is -3.78. The second-order valence-corrected chi connectivity index (χ2v) is 8.17. The summed E-state index contributed by atoms with van der Waals surface area (Å²) in [6.45, 7) is 1.86. The molecule has 8 heteroatoms. The Hall–Kier alpha value is -2.97. The van der Waals surface area contributed by atoms with Gasteiger partial charge in [0, 0.05) is 6.42 Å². The fourth-order valence-corrected chi connectivity index (χ4v) is 3.74. The molecule has 1 aromatic heterocycles. The van der Waals surface area contributed by atoms with Crippen molar-refractivity contribution in [3.63, 3.8) is 0 Å². The molecule has 1 atom stereocenters. The van der Waals surface area contributed by atoms with Crippen LogP contribution in [0, 0.1) is 12.7 Å². The third kappa shape index (κ3) is 3.56. The number of hydrogen-bond acceptors (Lipinski definition) is 5. The van der Waals surface area contributed by atoms with E-state index in [9.17, 15) is 12.8 Å². The van der Waals surface area contributed by atoms with Crippen molar-refractivity contribution >= 4 is 21.4 Å². The lowest BCUT2D eigenvalue weighted by molar-refractivity contribution is 0.524. The number of nitrogens with zero attached hydrogens (tertiary/aromatic N) is 2. The van der Waals surface area contributed by atoms with E-state index in [1.807, 2.05) is 19.1 Å². The highest BCUT2D eigenvalue weighted by Gasteiger charge is 2.31. The van der Waals surface area contributed by atoms with Crippen LogP contribution >= 0.6 is 0 Å². The van der Waals surface area contributed by atoms with Crippen LogP contribution in [0.2, 0.25) is 0 Å². The van der Waals surface area contributed by atoms with Crippen LogP contribution in [0.4, 0.5) is 10.1 Å². The maximum Gasteiger partial charge on any atom is 0.238 e. The molecule has 6 nitrogen and oxygen atoms in total. The lowest BCUT2D eigenvalue weighted by Crippen LogP contribution is -2.19. The number of aryl methyl sites for hydroxylation is 1. The predicted octanol–water partition coefficient (Wildman–Crippen LogP) is 3.73. The number of rotatable bonds is 4. The van der Waals surface area contributed by atoms with Crippen molar-refractivity contribution in [2.75, 3.05) is 5.01 Å². The van der Waals surface area contributed by atoms with Gasteiger partial charge in [-0.1, -0.05) is 12.1 Å². The Kier molecular flexibility index (Phi) is 4.52. The molecular weight excluding hydrogens is 381 g/mol. The summed E-state index contributed by atoms with van der Waals surface area (Å²) in [4.78, 5) is 0.0274. The van der Waals surface area contributed by atoms with Crippen LogP contribution in [0.3, 0.4) is 0 Å². The Labute approximate surface area is 162 Å². The fraction of sp³-hybridized carbons (Fsp3) is 0.150. The monoisotopic (exact) mass is 399 g/mol. The van der Waals surface area contributed by atoms with Gasteiger partial charge in [0.05, 0.1) is 16.6 Å². The summed E-state index contributed by atoms with van der Waals surface area (Å²) >= 11 is 0. The Morgan fingerprint density at radius 3 is 2.32 bits per heavy atom.